The Labute approximate surface area is 108 Å². The second-order valence-electron chi connectivity index (χ2n) is 4.16. The third kappa shape index (κ3) is 2.10. The molecule has 0 bridgehead atoms. The molecule has 7 heteroatoms. The van der Waals surface area contributed by atoms with Crippen LogP contribution in [-0.4, -0.2) is 45.1 Å². The third-order valence-corrected chi connectivity index (χ3v) is 4.16. The Morgan fingerprint density at radius 3 is 2.72 bits per heavy atom. The van der Waals surface area contributed by atoms with Gasteiger partial charge in [-0.3, -0.25) is 14.5 Å². The van der Waals surface area contributed by atoms with Gasteiger partial charge in [0.1, 0.15) is 11.8 Å². The molecule has 98 valence electrons. The van der Waals surface area contributed by atoms with Crippen molar-refractivity contribution in [3.8, 4) is 0 Å². The van der Waals surface area contributed by atoms with Crippen LogP contribution in [0.15, 0.2) is 11.3 Å². The van der Waals surface area contributed by atoms with Crippen molar-refractivity contribution in [2.24, 2.45) is 0 Å². The highest BCUT2D eigenvalue weighted by atomic mass is 32.2. The largest absolute Gasteiger partial charge is 0.477 e. The number of hydrogen-bond acceptors (Lipinski definition) is 5. The average Bonchev–Trinajstić information content (AvgIpc) is 2.25. The van der Waals surface area contributed by atoms with Crippen molar-refractivity contribution in [1.29, 1.82) is 0 Å². The predicted octanol–water partition coefficient (Wildman–Crippen LogP) is 0.582. The van der Waals surface area contributed by atoms with E-state index in [9.17, 15) is 19.5 Å². The minimum absolute atomic E-state index is 0.0243. The molecular formula is C11H13NO5S. The van der Waals surface area contributed by atoms with Crippen LogP contribution in [0, 0.1) is 0 Å². The molecule has 2 aliphatic rings. The Bertz CT molecular complexity index is 458. The minimum atomic E-state index is -1.15. The summed E-state index contributed by atoms with van der Waals surface area (Å²) in [5, 5.41) is 9.14. The van der Waals surface area contributed by atoms with Crippen molar-refractivity contribution in [1.82, 2.24) is 4.90 Å². The molecular weight excluding hydrogens is 258 g/mol. The Kier molecular flexibility index (Phi) is 3.34. The normalized spacial score (nSPS) is 24.2. The van der Waals surface area contributed by atoms with Crippen LogP contribution in [0.1, 0.15) is 20.3 Å². The molecule has 0 saturated carbocycles. The Hall–Kier alpha value is -1.50. The van der Waals surface area contributed by atoms with E-state index < -0.39 is 18.0 Å². The number of esters is 1. The minimum Gasteiger partial charge on any atom is -0.477 e. The predicted molar refractivity (Wildman–Crippen MR) is 63.6 cm³/mol. The number of hydrogen-bond donors (Lipinski definition) is 1. The summed E-state index contributed by atoms with van der Waals surface area (Å²) in [6.07, 6.45) is -0.258. The lowest BCUT2D eigenvalue weighted by Crippen LogP contribution is -2.54. The summed E-state index contributed by atoms with van der Waals surface area (Å²) in [5.74, 6) is -1.36. The van der Waals surface area contributed by atoms with Crippen LogP contribution >= 0.6 is 11.8 Å². The first-order valence-corrected chi connectivity index (χ1v) is 6.54. The van der Waals surface area contributed by atoms with Crippen LogP contribution in [0.25, 0.3) is 0 Å². The molecule has 2 atom stereocenters. The molecule has 1 unspecified atom stereocenters. The monoisotopic (exact) mass is 271 g/mol. The van der Waals surface area contributed by atoms with Crippen LogP contribution in [0.5, 0.6) is 0 Å². The first-order chi connectivity index (χ1) is 8.41. The van der Waals surface area contributed by atoms with Gasteiger partial charge in [-0.05, 0) is 6.92 Å². The molecule has 0 radical (unpaired) electrons. The molecule has 0 aromatic rings. The summed E-state index contributed by atoms with van der Waals surface area (Å²) in [5.41, 5.74) is 0.454. The van der Waals surface area contributed by atoms with Gasteiger partial charge in [-0.15, -0.1) is 11.8 Å². The summed E-state index contributed by atoms with van der Waals surface area (Å²) in [6.45, 7) is 2.88. The number of ether oxygens (including phenoxy) is 1. The first kappa shape index (κ1) is 12.9. The summed E-state index contributed by atoms with van der Waals surface area (Å²) < 4.78 is 5.00. The van der Waals surface area contributed by atoms with Crippen molar-refractivity contribution in [3.05, 3.63) is 11.3 Å². The Balaban J connectivity index is 2.33. The lowest BCUT2D eigenvalue weighted by Gasteiger charge is -2.44. The van der Waals surface area contributed by atoms with Gasteiger partial charge >= 0.3 is 11.9 Å². The summed E-state index contributed by atoms with van der Waals surface area (Å²) in [7, 11) is 0. The van der Waals surface area contributed by atoms with E-state index in [1.807, 2.05) is 0 Å². The molecule has 6 nitrogen and oxygen atoms in total. The Morgan fingerprint density at radius 2 is 2.22 bits per heavy atom. The van der Waals surface area contributed by atoms with Crippen LogP contribution < -0.4 is 0 Å². The van der Waals surface area contributed by atoms with E-state index in [0.29, 0.717) is 17.7 Å². The molecule has 1 N–H and O–H groups in total. The number of rotatable bonds is 3. The molecule has 0 spiro atoms. The quantitative estimate of drug-likeness (QED) is 0.597. The lowest BCUT2D eigenvalue weighted by molar-refractivity contribution is -0.147. The zero-order chi connectivity index (χ0) is 13.4. The number of carbonyl (C=O) groups excluding carboxylic acids is 2. The molecule has 1 amide bonds. The fourth-order valence-electron chi connectivity index (χ4n) is 2.07. The summed E-state index contributed by atoms with van der Waals surface area (Å²) >= 11 is 1.49. The second kappa shape index (κ2) is 4.64. The van der Waals surface area contributed by atoms with E-state index in [1.165, 1.54) is 23.6 Å². The zero-order valence-electron chi connectivity index (χ0n) is 10.0. The second-order valence-corrected chi connectivity index (χ2v) is 5.33. The van der Waals surface area contributed by atoms with Gasteiger partial charge in [0.2, 0.25) is 5.91 Å². The highest BCUT2D eigenvalue weighted by Gasteiger charge is 2.46. The fraction of sp³-hybridized carbons (Fsp3) is 0.545. The van der Waals surface area contributed by atoms with E-state index in [2.05, 4.69) is 0 Å². The molecule has 1 saturated heterocycles. The average molecular weight is 271 g/mol. The number of thioether (sulfide) groups is 1. The van der Waals surface area contributed by atoms with Crippen molar-refractivity contribution < 1.29 is 24.2 Å². The Morgan fingerprint density at radius 1 is 1.56 bits per heavy atom. The van der Waals surface area contributed by atoms with E-state index in [0.717, 1.165) is 0 Å². The van der Waals surface area contributed by atoms with Gasteiger partial charge in [0.25, 0.3) is 0 Å². The SMILES string of the molecule is CC(=O)OC(C)C1=C(C(=O)O)N2C(=O)C[C@H]2SC1. The van der Waals surface area contributed by atoms with Gasteiger partial charge < -0.3 is 9.84 Å². The van der Waals surface area contributed by atoms with Crippen LogP contribution in [0.3, 0.4) is 0 Å². The van der Waals surface area contributed by atoms with Crippen molar-refractivity contribution >= 4 is 29.6 Å². The zero-order valence-corrected chi connectivity index (χ0v) is 10.8. The smallest absolute Gasteiger partial charge is 0.352 e. The molecule has 2 rings (SSSR count). The van der Waals surface area contributed by atoms with Gasteiger partial charge in [0, 0.05) is 18.2 Å². The van der Waals surface area contributed by atoms with E-state index in [1.54, 1.807) is 6.92 Å². The summed E-state index contributed by atoms with van der Waals surface area (Å²) in [4.78, 5) is 35.0. The molecule has 2 heterocycles. The van der Waals surface area contributed by atoms with Gasteiger partial charge in [-0.2, -0.15) is 0 Å². The van der Waals surface area contributed by atoms with Crippen LogP contribution in [-0.2, 0) is 19.1 Å². The molecule has 0 aromatic carbocycles. The van der Waals surface area contributed by atoms with E-state index in [-0.39, 0.29) is 17.0 Å². The number of carboxylic acids is 1. The van der Waals surface area contributed by atoms with Gasteiger partial charge in [0.15, 0.2) is 0 Å². The topological polar surface area (TPSA) is 83.9 Å². The number of aliphatic carboxylic acids is 1. The van der Waals surface area contributed by atoms with Crippen molar-refractivity contribution in [2.75, 3.05) is 5.75 Å². The maximum Gasteiger partial charge on any atom is 0.352 e. The number of amides is 1. The number of β-lactam (4-membered cyclic amide) rings is 1. The standard InChI is InChI=1S/C11H13NO5S/c1-5(17-6(2)13)7-4-18-9-3-8(14)12(9)10(7)11(15)16/h5,9H,3-4H2,1-2H3,(H,15,16)/t5?,9-/m1/s1. The molecule has 2 aliphatic heterocycles. The number of carbonyl (C=O) groups is 3. The van der Waals surface area contributed by atoms with Gasteiger partial charge in [-0.25, -0.2) is 4.79 Å². The maximum absolute atomic E-state index is 11.5. The van der Waals surface area contributed by atoms with Crippen molar-refractivity contribution in [2.45, 2.75) is 31.7 Å². The first-order valence-electron chi connectivity index (χ1n) is 5.49. The molecule has 0 aromatic heterocycles. The molecule has 0 aliphatic carbocycles. The van der Waals surface area contributed by atoms with Gasteiger partial charge in [0.05, 0.1) is 11.8 Å². The number of fused-ring (bicyclic) bond motifs is 1. The maximum atomic E-state index is 11.5. The van der Waals surface area contributed by atoms with E-state index in [4.69, 9.17) is 4.74 Å². The third-order valence-electron chi connectivity index (χ3n) is 2.92. The lowest BCUT2D eigenvalue weighted by atomic mass is 10.0. The van der Waals surface area contributed by atoms with Gasteiger partial charge in [-0.1, -0.05) is 0 Å². The number of carboxylic acid groups (broad SMARTS) is 1. The highest BCUT2D eigenvalue weighted by molar-refractivity contribution is 8.00. The van der Waals surface area contributed by atoms with Crippen molar-refractivity contribution in [3.63, 3.8) is 0 Å². The number of nitrogens with zero attached hydrogens (tertiary/aromatic N) is 1. The van der Waals surface area contributed by atoms with Crippen LogP contribution in [0.4, 0.5) is 0 Å². The van der Waals surface area contributed by atoms with Crippen LogP contribution in [0.2, 0.25) is 0 Å². The summed E-state index contributed by atoms with van der Waals surface area (Å²) in [6, 6.07) is 0. The fourth-order valence-corrected chi connectivity index (χ4v) is 3.44. The molecule has 18 heavy (non-hydrogen) atoms. The van der Waals surface area contributed by atoms with E-state index >= 15 is 0 Å². The highest BCUT2D eigenvalue weighted by Crippen LogP contribution is 2.41. The molecule has 1 fully saturated rings.